The summed E-state index contributed by atoms with van der Waals surface area (Å²) in [4.78, 5) is 0. The summed E-state index contributed by atoms with van der Waals surface area (Å²) >= 11 is 0. The van der Waals surface area contributed by atoms with E-state index >= 15 is 0 Å². The van der Waals surface area contributed by atoms with Crippen LogP contribution in [0.2, 0.25) is 0 Å². The first kappa shape index (κ1) is 12.5. The van der Waals surface area contributed by atoms with Gasteiger partial charge in [-0.25, -0.2) is 0 Å². The van der Waals surface area contributed by atoms with Crippen molar-refractivity contribution in [2.24, 2.45) is 0 Å². The number of hydrogen-bond acceptors (Lipinski definition) is 0. The Bertz CT molecular complexity index is 555. The molecule has 0 radical (unpaired) electrons. The zero-order valence-electron chi connectivity index (χ0n) is 11.0. The molecule has 0 saturated carbocycles. The molecule has 0 heteroatoms. The van der Waals surface area contributed by atoms with E-state index in [1.807, 2.05) is 0 Å². The molecule has 0 bridgehead atoms. The van der Waals surface area contributed by atoms with Gasteiger partial charge in [0.05, 0.1) is 0 Å². The van der Waals surface area contributed by atoms with Crippen molar-refractivity contribution in [3.05, 3.63) is 71.3 Å². The largest absolute Gasteiger partial charge is 0.0982 e. The third kappa shape index (κ3) is 2.81. The molecule has 0 aromatic heterocycles. The molecule has 0 amide bonds. The maximum absolute atomic E-state index is 3.26. The van der Waals surface area contributed by atoms with E-state index in [-0.39, 0.29) is 0 Å². The monoisotopic (exact) mass is 234 g/mol. The van der Waals surface area contributed by atoms with Crippen molar-refractivity contribution in [2.45, 2.75) is 26.2 Å². The molecule has 2 aromatic carbocycles. The first-order chi connectivity index (χ1) is 8.83. The van der Waals surface area contributed by atoms with E-state index < -0.39 is 0 Å². The lowest BCUT2D eigenvalue weighted by molar-refractivity contribution is 0.918. The van der Waals surface area contributed by atoms with Crippen molar-refractivity contribution in [2.75, 3.05) is 0 Å². The number of hydrogen-bond donors (Lipinski definition) is 0. The van der Waals surface area contributed by atoms with Crippen LogP contribution in [-0.2, 0) is 0 Å². The summed E-state index contributed by atoms with van der Waals surface area (Å²) < 4.78 is 0. The minimum absolute atomic E-state index is 0.383. The van der Waals surface area contributed by atoms with Crippen molar-refractivity contribution in [1.29, 1.82) is 0 Å². The summed E-state index contributed by atoms with van der Waals surface area (Å²) in [6, 6.07) is 19.0. The minimum atomic E-state index is 0.383. The van der Waals surface area contributed by atoms with E-state index in [9.17, 15) is 0 Å². The van der Waals surface area contributed by atoms with Gasteiger partial charge < -0.3 is 0 Å². The number of rotatable bonds is 2. The van der Waals surface area contributed by atoms with Gasteiger partial charge in [0.1, 0.15) is 0 Å². The van der Waals surface area contributed by atoms with Crippen molar-refractivity contribution in [1.82, 2.24) is 0 Å². The minimum Gasteiger partial charge on any atom is -0.0982 e. The average Bonchev–Trinajstić information content (AvgIpc) is 2.45. The molecule has 0 fully saturated rings. The molecule has 0 aliphatic heterocycles. The summed E-state index contributed by atoms with van der Waals surface area (Å²) in [5.74, 6) is 6.81. The SMILES string of the molecule is CCC#Cc1ccccc1C(C)c1ccccc1. The topological polar surface area (TPSA) is 0 Å². The zero-order chi connectivity index (χ0) is 12.8. The highest BCUT2D eigenvalue weighted by Crippen LogP contribution is 2.26. The van der Waals surface area contributed by atoms with E-state index in [1.54, 1.807) is 0 Å². The fourth-order valence-corrected chi connectivity index (χ4v) is 2.09. The predicted octanol–water partition coefficient (Wildman–Crippen LogP) is 4.60. The van der Waals surface area contributed by atoms with Crippen LogP contribution >= 0.6 is 0 Å². The Morgan fingerprint density at radius 3 is 2.33 bits per heavy atom. The van der Waals surface area contributed by atoms with E-state index in [2.05, 4.69) is 80.3 Å². The normalized spacial score (nSPS) is 11.4. The van der Waals surface area contributed by atoms with Crippen LogP contribution in [0.5, 0.6) is 0 Å². The lowest BCUT2D eigenvalue weighted by Gasteiger charge is -2.14. The van der Waals surface area contributed by atoms with Crippen LogP contribution in [0.3, 0.4) is 0 Å². The average molecular weight is 234 g/mol. The standard InChI is InChI=1S/C18H18/c1-3-4-10-17-13-8-9-14-18(17)15(2)16-11-6-5-7-12-16/h5-9,11-15H,3H2,1-2H3. The van der Waals surface area contributed by atoms with Gasteiger partial charge in [0.25, 0.3) is 0 Å². The van der Waals surface area contributed by atoms with E-state index in [1.165, 1.54) is 11.1 Å². The second-order valence-corrected chi connectivity index (χ2v) is 4.37. The Morgan fingerprint density at radius 2 is 1.61 bits per heavy atom. The zero-order valence-corrected chi connectivity index (χ0v) is 11.0. The molecule has 1 atom stereocenters. The second kappa shape index (κ2) is 6.07. The summed E-state index contributed by atoms with van der Waals surface area (Å²) in [5.41, 5.74) is 3.80. The Balaban J connectivity index is 2.39. The van der Waals surface area contributed by atoms with Crippen molar-refractivity contribution < 1.29 is 0 Å². The molecule has 0 aliphatic carbocycles. The molecule has 2 rings (SSSR count). The predicted molar refractivity (Wildman–Crippen MR) is 77.6 cm³/mol. The van der Waals surface area contributed by atoms with Crippen molar-refractivity contribution >= 4 is 0 Å². The summed E-state index contributed by atoms with van der Waals surface area (Å²) in [7, 11) is 0. The van der Waals surface area contributed by atoms with E-state index in [4.69, 9.17) is 0 Å². The van der Waals surface area contributed by atoms with Crippen LogP contribution < -0.4 is 0 Å². The third-order valence-corrected chi connectivity index (χ3v) is 3.13. The van der Waals surface area contributed by atoms with Crippen LogP contribution in [0.1, 0.15) is 42.9 Å². The Hall–Kier alpha value is -2.00. The van der Waals surface area contributed by atoms with Gasteiger partial charge in [-0.05, 0) is 17.2 Å². The van der Waals surface area contributed by atoms with Crippen LogP contribution in [0.25, 0.3) is 0 Å². The summed E-state index contributed by atoms with van der Waals surface area (Å²) in [6.07, 6.45) is 0.897. The van der Waals surface area contributed by atoms with Gasteiger partial charge in [0.15, 0.2) is 0 Å². The third-order valence-electron chi connectivity index (χ3n) is 3.13. The van der Waals surface area contributed by atoms with Gasteiger partial charge in [-0.15, -0.1) is 0 Å². The molecule has 0 nitrogen and oxygen atoms in total. The highest BCUT2D eigenvalue weighted by molar-refractivity contribution is 5.46. The highest BCUT2D eigenvalue weighted by atomic mass is 14.1. The lowest BCUT2D eigenvalue weighted by Crippen LogP contribution is -1.98. The molecule has 0 heterocycles. The Labute approximate surface area is 110 Å². The van der Waals surface area contributed by atoms with Crippen LogP contribution in [0.4, 0.5) is 0 Å². The molecule has 1 unspecified atom stereocenters. The molecule has 2 aromatic rings. The molecule has 90 valence electrons. The lowest BCUT2D eigenvalue weighted by atomic mass is 9.90. The second-order valence-electron chi connectivity index (χ2n) is 4.37. The fourth-order valence-electron chi connectivity index (χ4n) is 2.09. The van der Waals surface area contributed by atoms with E-state index in [0.717, 1.165) is 12.0 Å². The van der Waals surface area contributed by atoms with Gasteiger partial charge in [0.2, 0.25) is 0 Å². The molecular formula is C18H18. The number of benzene rings is 2. The van der Waals surface area contributed by atoms with Gasteiger partial charge >= 0.3 is 0 Å². The fraction of sp³-hybridized carbons (Fsp3) is 0.222. The molecule has 0 spiro atoms. The molecule has 0 N–H and O–H groups in total. The molecule has 0 saturated heterocycles. The van der Waals surface area contributed by atoms with Gasteiger partial charge in [-0.2, -0.15) is 0 Å². The van der Waals surface area contributed by atoms with Crippen molar-refractivity contribution in [3.63, 3.8) is 0 Å². The molecule has 0 aliphatic rings. The van der Waals surface area contributed by atoms with Crippen LogP contribution in [0, 0.1) is 11.8 Å². The van der Waals surface area contributed by atoms with Crippen LogP contribution in [0.15, 0.2) is 54.6 Å². The Kier molecular flexibility index (Phi) is 4.20. The summed E-state index contributed by atoms with van der Waals surface area (Å²) in [5, 5.41) is 0. The summed E-state index contributed by atoms with van der Waals surface area (Å²) in [6.45, 7) is 4.32. The smallest absolute Gasteiger partial charge is 0.0283 e. The first-order valence-corrected chi connectivity index (χ1v) is 6.45. The maximum atomic E-state index is 3.26. The van der Waals surface area contributed by atoms with Crippen LogP contribution in [-0.4, -0.2) is 0 Å². The highest BCUT2D eigenvalue weighted by Gasteiger charge is 2.10. The van der Waals surface area contributed by atoms with Gasteiger partial charge in [0, 0.05) is 17.9 Å². The van der Waals surface area contributed by atoms with Crippen molar-refractivity contribution in [3.8, 4) is 11.8 Å². The first-order valence-electron chi connectivity index (χ1n) is 6.45. The van der Waals surface area contributed by atoms with Gasteiger partial charge in [-0.3, -0.25) is 0 Å². The van der Waals surface area contributed by atoms with E-state index in [0.29, 0.717) is 5.92 Å². The molecule has 18 heavy (non-hydrogen) atoms. The molecular weight excluding hydrogens is 216 g/mol. The van der Waals surface area contributed by atoms with Gasteiger partial charge in [-0.1, -0.05) is 74.2 Å². The maximum Gasteiger partial charge on any atom is 0.0283 e. The quantitative estimate of drug-likeness (QED) is 0.666. The Morgan fingerprint density at radius 1 is 0.944 bits per heavy atom.